The molecule has 1 unspecified atom stereocenters. The summed E-state index contributed by atoms with van der Waals surface area (Å²) < 4.78 is 24.2. The zero-order valence-corrected chi connectivity index (χ0v) is 8.10. The molecule has 0 aliphatic rings. The van der Waals surface area contributed by atoms with E-state index < -0.39 is 22.4 Å². The van der Waals surface area contributed by atoms with Crippen molar-refractivity contribution in [1.82, 2.24) is 0 Å². The summed E-state index contributed by atoms with van der Waals surface area (Å²) in [5.41, 5.74) is 0. The van der Waals surface area contributed by atoms with Crippen LogP contribution in [0.1, 0.15) is 13.3 Å². The molecule has 4 heteroatoms. The Morgan fingerprint density at radius 2 is 2.23 bits per heavy atom. The molecule has 0 saturated heterocycles. The van der Waals surface area contributed by atoms with E-state index in [9.17, 15) is 8.60 Å². The molecule has 1 aromatic rings. The van der Waals surface area contributed by atoms with Crippen LogP contribution in [-0.4, -0.2) is 15.1 Å². The fourth-order valence-electron chi connectivity index (χ4n) is 0.932. The molecule has 13 heavy (non-hydrogen) atoms. The number of phenolic OH excluding ortho intramolecular Hbond substituents is 1. The Balaban J connectivity index is 2.90. The molecule has 1 aromatic carbocycles. The van der Waals surface area contributed by atoms with E-state index in [1.54, 1.807) is 0 Å². The van der Waals surface area contributed by atoms with Gasteiger partial charge in [0.15, 0.2) is 11.6 Å². The number of phenols is 1. The molecule has 2 nitrogen and oxygen atoms in total. The molecule has 0 radical (unpaired) electrons. The molecule has 0 aliphatic carbocycles. The van der Waals surface area contributed by atoms with E-state index in [0.717, 1.165) is 12.5 Å². The van der Waals surface area contributed by atoms with Crippen molar-refractivity contribution in [2.24, 2.45) is 0 Å². The fourth-order valence-corrected chi connectivity index (χ4v) is 1.99. The maximum absolute atomic E-state index is 12.8. The van der Waals surface area contributed by atoms with Gasteiger partial charge in [-0.25, -0.2) is 4.39 Å². The number of aromatic hydroxyl groups is 1. The lowest BCUT2D eigenvalue weighted by molar-refractivity contribution is 0.431. The molecule has 0 aliphatic heterocycles. The monoisotopic (exact) mass is 202 g/mol. The van der Waals surface area contributed by atoms with Crippen molar-refractivity contribution < 1.29 is 13.7 Å². The lowest BCUT2D eigenvalue weighted by Gasteiger charge is -2.01. The largest absolute Gasteiger partial charge is 0.505 e. The highest BCUT2D eigenvalue weighted by atomic mass is 32.2. The minimum atomic E-state index is -1.15. The van der Waals surface area contributed by atoms with Crippen molar-refractivity contribution in [2.75, 3.05) is 5.75 Å². The third-order valence-electron chi connectivity index (χ3n) is 1.57. The average molecular weight is 202 g/mol. The van der Waals surface area contributed by atoms with Crippen LogP contribution in [-0.2, 0) is 10.8 Å². The first-order chi connectivity index (χ1) is 6.15. The molecular formula is C9H11FO2S. The van der Waals surface area contributed by atoms with Gasteiger partial charge in [0.05, 0.1) is 10.8 Å². The minimum Gasteiger partial charge on any atom is -0.505 e. The van der Waals surface area contributed by atoms with Gasteiger partial charge in [0, 0.05) is 10.6 Å². The summed E-state index contributed by atoms with van der Waals surface area (Å²) in [5.74, 6) is -0.608. The molecule has 0 fully saturated rings. The van der Waals surface area contributed by atoms with E-state index in [2.05, 4.69) is 0 Å². The van der Waals surface area contributed by atoms with Crippen LogP contribution >= 0.6 is 0 Å². The van der Waals surface area contributed by atoms with Crippen LogP contribution in [0.3, 0.4) is 0 Å². The molecule has 0 spiro atoms. The third kappa shape index (κ3) is 2.52. The van der Waals surface area contributed by atoms with Crippen LogP contribution in [0, 0.1) is 5.82 Å². The highest BCUT2D eigenvalue weighted by Crippen LogP contribution is 2.18. The first-order valence-electron chi connectivity index (χ1n) is 4.02. The summed E-state index contributed by atoms with van der Waals surface area (Å²) in [4.78, 5) is 0.428. The summed E-state index contributed by atoms with van der Waals surface area (Å²) in [5, 5.41) is 8.88. The molecule has 0 bridgehead atoms. The Hall–Kier alpha value is -0.900. The number of rotatable bonds is 3. The Morgan fingerprint density at radius 3 is 2.77 bits per heavy atom. The lowest BCUT2D eigenvalue weighted by Crippen LogP contribution is -1.96. The topological polar surface area (TPSA) is 37.3 Å². The van der Waals surface area contributed by atoms with Gasteiger partial charge >= 0.3 is 0 Å². The first kappa shape index (κ1) is 10.2. The Morgan fingerprint density at radius 1 is 1.54 bits per heavy atom. The van der Waals surface area contributed by atoms with Crippen LogP contribution in [0.2, 0.25) is 0 Å². The zero-order chi connectivity index (χ0) is 9.84. The number of halogens is 1. The second-order valence-electron chi connectivity index (χ2n) is 2.66. The minimum absolute atomic E-state index is 0.405. The second-order valence-corrected chi connectivity index (χ2v) is 4.23. The summed E-state index contributed by atoms with van der Waals surface area (Å²) in [7, 11) is -1.15. The average Bonchev–Trinajstić information content (AvgIpc) is 2.10. The van der Waals surface area contributed by atoms with Crippen molar-refractivity contribution >= 4 is 10.8 Å². The van der Waals surface area contributed by atoms with Crippen LogP contribution in [0.5, 0.6) is 5.75 Å². The van der Waals surface area contributed by atoms with Gasteiger partial charge in [-0.3, -0.25) is 4.21 Å². The quantitative estimate of drug-likeness (QED) is 0.814. The van der Waals surface area contributed by atoms with Crippen molar-refractivity contribution in [3.8, 4) is 5.75 Å². The molecule has 0 saturated carbocycles. The summed E-state index contributed by atoms with van der Waals surface area (Å²) in [6, 6.07) is 3.81. The highest BCUT2D eigenvalue weighted by molar-refractivity contribution is 7.85. The number of benzene rings is 1. The smallest absolute Gasteiger partial charge is 0.166 e. The summed E-state index contributed by atoms with van der Waals surface area (Å²) in [6.45, 7) is 1.91. The van der Waals surface area contributed by atoms with Crippen molar-refractivity contribution in [1.29, 1.82) is 0 Å². The predicted octanol–water partition coefficient (Wildman–Crippen LogP) is 2.05. The third-order valence-corrected chi connectivity index (χ3v) is 3.13. The van der Waals surface area contributed by atoms with E-state index in [-0.39, 0.29) is 0 Å². The van der Waals surface area contributed by atoms with Gasteiger partial charge in [0.25, 0.3) is 0 Å². The number of hydrogen-bond donors (Lipinski definition) is 1. The molecule has 1 atom stereocenters. The van der Waals surface area contributed by atoms with Crippen LogP contribution in [0.15, 0.2) is 23.1 Å². The SMILES string of the molecule is CCCS(=O)c1ccc(O)c(F)c1. The van der Waals surface area contributed by atoms with Gasteiger partial charge in [-0.05, 0) is 24.6 Å². The summed E-state index contributed by atoms with van der Waals surface area (Å²) >= 11 is 0. The fraction of sp³-hybridized carbons (Fsp3) is 0.333. The maximum Gasteiger partial charge on any atom is 0.166 e. The van der Waals surface area contributed by atoms with E-state index in [4.69, 9.17) is 5.11 Å². The molecule has 1 rings (SSSR count). The van der Waals surface area contributed by atoms with E-state index in [0.29, 0.717) is 10.6 Å². The molecule has 0 aromatic heterocycles. The van der Waals surface area contributed by atoms with Crippen LogP contribution in [0.25, 0.3) is 0 Å². The van der Waals surface area contributed by atoms with Gasteiger partial charge in [-0.2, -0.15) is 0 Å². The van der Waals surface area contributed by atoms with Crippen molar-refractivity contribution in [2.45, 2.75) is 18.2 Å². The molecular weight excluding hydrogens is 191 g/mol. The van der Waals surface area contributed by atoms with Crippen LogP contribution in [0.4, 0.5) is 4.39 Å². The van der Waals surface area contributed by atoms with Crippen molar-refractivity contribution in [3.63, 3.8) is 0 Å². The zero-order valence-electron chi connectivity index (χ0n) is 7.29. The van der Waals surface area contributed by atoms with E-state index in [1.165, 1.54) is 12.1 Å². The van der Waals surface area contributed by atoms with Gasteiger partial charge in [-0.1, -0.05) is 6.92 Å². The summed E-state index contributed by atoms with van der Waals surface area (Å²) in [6.07, 6.45) is 0.787. The van der Waals surface area contributed by atoms with Gasteiger partial charge in [0.1, 0.15) is 0 Å². The van der Waals surface area contributed by atoms with Gasteiger partial charge < -0.3 is 5.11 Å². The molecule has 0 heterocycles. The number of hydrogen-bond acceptors (Lipinski definition) is 2. The Kier molecular flexibility index (Phi) is 3.42. The van der Waals surface area contributed by atoms with Crippen LogP contribution < -0.4 is 0 Å². The molecule has 0 amide bonds. The molecule has 1 N–H and O–H groups in total. The van der Waals surface area contributed by atoms with Crippen molar-refractivity contribution in [3.05, 3.63) is 24.0 Å². The van der Waals surface area contributed by atoms with Gasteiger partial charge in [-0.15, -0.1) is 0 Å². The van der Waals surface area contributed by atoms with E-state index in [1.807, 2.05) is 6.92 Å². The normalized spacial score (nSPS) is 12.8. The second kappa shape index (κ2) is 4.37. The predicted molar refractivity (Wildman–Crippen MR) is 49.6 cm³/mol. The first-order valence-corrected chi connectivity index (χ1v) is 5.34. The molecule has 72 valence electrons. The lowest BCUT2D eigenvalue weighted by atomic mass is 10.3. The highest BCUT2D eigenvalue weighted by Gasteiger charge is 2.06. The van der Waals surface area contributed by atoms with E-state index >= 15 is 0 Å². The Labute approximate surface area is 78.9 Å². The Bertz CT molecular complexity index is 325. The van der Waals surface area contributed by atoms with Gasteiger partial charge in [0.2, 0.25) is 0 Å². The standard InChI is InChI=1S/C9H11FO2S/c1-2-5-13(12)7-3-4-9(11)8(10)6-7/h3-4,6,11H,2,5H2,1H3. The maximum atomic E-state index is 12.8.